The van der Waals surface area contributed by atoms with Crippen molar-refractivity contribution in [1.82, 2.24) is 4.80 Å². The zero-order chi connectivity index (χ0) is 4.24. The molecule has 1 rings (SSSR count). The summed E-state index contributed by atoms with van der Waals surface area (Å²) in [5, 5.41) is 0. The molecule has 0 aromatic carbocycles. The van der Waals surface area contributed by atoms with Crippen molar-refractivity contribution in [3.8, 4) is 0 Å². The van der Waals surface area contributed by atoms with Crippen molar-refractivity contribution in [2.45, 2.75) is 0 Å². The molecule has 1 heterocycles. The summed E-state index contributed by atoms with van der Waals surface area (Å²) in [5.41, 5.74) is 0. The van der Waals surface area contributed by atoms with Crippen LogP contribution in [-0.4, -0.2) is 25.8 Å². The fourth-order valence-corrected chi connectivity index (χ4v) is 0.313. The topological polar surface area (TPSA) is 12.9 Å². The first-order valence-corrected chi connectivity index (χ1v) is 1.85. The maximum absolute atomic E-state index is 3.78. The summed E-state index contributed by atoms with van der Waals surface area (Å²) in [6.45, 7) is 1.94. The van der Waals surface area contributed by atoms with Crippen LogP contribution in [0.3, 0.4) is 0 Å². The summed E-state index contributed by atoms with van der Waals surface area (Å²) >= 11 is 0. The van der Waals surface area contributed by atoms with Crippen LogP contribution in [0.4, 0.5) is 0 Å². The Balaban J connectivity index is 3.00. The molecule has 6 heavy (non-hydrogen) atoms. The molecule has 1 nitrogen and oxygen atoms in total. The van der Waals surface area contributed by atoms with E-state index in [0.717, 1.165) is 0 Å². The van der Waals surface area contributed by atoms with Crippen LogP contribution >= 0.6 is 0 Å². The average Bonchev–Trinajstić information content (AvgIpc) is 1.72. The van der Waals surface area contributed by atoms with Crippen molar-refractivity contribution >= 4 is 21.0 Å². The van der Waals surface area contributed by atoms with Gasteiger partial charge in [-0.25, -0.2) is 0 Å². The van der Waals surface area contributed by atoms with Gasteiger partial charge >= 0.3 is 37.5 Å². The summed E-state index contributed by atoms with van der Waals surface area (Å²) in [6.07, 6.45) is 0. The Bertz CT molecular complexity index is 80.7. The zero-order valence-corrected chi connectivity index (χ0v) is 3.33. The van der Waals surface area contributed by atoms with Crippen LogP contribution in [0.25, 0.3) is 0 Å². The van der Waals surface area contributed by atoms with Crippen LogP contribution < -0.4 is 0 Å². The second-order valence-electron chi connectivity index (χ2n) is 1.02. The van der Waals surface area contributed by atoms with E-state index in [1.807, 2.05) is 18.6 Å². The number of hydrogen-bond acceptors (Lipinski definition) is 1. The Kier molecular flexibility index (Phi) is 1.31. The summed E-state index contributed by atoms with van der Waals surface area (Å²) in [5.74, 6) is 3.78. The fourth-order valence-electron chi connectivity index (χ4n) is 0.313. The number of rotatable bonds is 0. The average molecular weight is 72.5 g/mol. The summed E-state index contributed by atoms with van der Waals surface area (Å²) in [4.78, 5) is 3.78. The molecule has 0 aliphatic carbocycles. The minimum absolute atomic E-state index is 1.75. The van der Waals surface area contributed by atoms with Gasteiger partial charge in [0.15, 0.2) is 0 Å². The minimum atomic E-state index is 1.75. The quantitative estimate of drug-likeness (QED) is 0.387. The van der Waals surface area contributed by atoms with Crippen molar-refractivity contribution in [3.63, 3.8) is 0 Å². The van der Waals surface area contributed by atoms with Crippen molar-refractivity contribution in [3.05, 3.63) is 11.7 Å². The summed E-state index contributed by atoms with van der Waals surface area (Å²) < 4.78 is 0. The fraction of sp³-hybridized carbons (Fsp3) is 0. The summed E-state index contributed by atoms with van der Waals surface area (Å²) in [7, 11) is 3.50. The van der Waals surface area contributed by atoms with E-state index in [1.165, 1.54) is 0 Å². The van der Waals surface area contributed by atoms with E-state index in [2.05, 4.69) is 4.80 Å². The third-order valence-corrected chi connectivity index (χ3v) is 0.566. The van der Waals surface area contributed by atoms with Gasteiger partial charge in [0.1, 0.15) is 0 Å². The van der Waals surface area contributed by atoms with E-state index in [1.54, 1.807) is 14.1 Å². The molecule has 24 valence electrons. The van der Waals surface area contributed by atoms with Crippen LogP contribution in [0.15, 0.2) is 11.7 Å². The molecule has 0 N–H and O–H groups in total. The van der Waals surface area contributed by atoms with Gasteiger partial charge in [0.25, 0.3) is 0 Å². The predicted molar refractivity (Wildman–Crippen MR) is 28.3 cm³/mol. The van der Waals surface area contributed by atoms with Gasteiger partial charge in [0, 0.05) is 0 Å². The van der Waals surface area contributed by atoms with Crippen molar-refractivity contribution < 1.29 is 0 Å². The molecule has 0 aliphatic heterocycles. The third kappa shape index (κ3) is 0.849. The molecule has 0 fully saturated rings. The zero-order valence-electron chi connectivity index (χ0n) is 3.33. The van der Waals surface area contributed by atoms with Crippen molar-refractivity contribution in [2.24, 2.45) is 0 Å². The molecule has 0 saturated heterocycles. The first-order valence-electron chi connectivity index (χ1n) is 1.85. The van der Waals surface area contributed by atoms with Gasteiger partial charge in [-0.3, -0.25) is 0 Å². The normalized spacial score (nSPS) is 6.00. The van der Waals surface area contributed by atoms with E-state index in [0.29, 0.717) is 0 Å². The van der Waals surface area contributed by atoms with Gasteiger partial charge in [0.2, 0.25) is 0 Å². The van der Waals surface area contributed by atoms with Crippen LogP contribution in [-0.2, 0) is 0 Å². The number of nitrogens with zero attached hydrogens (tertiary/aromatic N) is 1. The molecule has 0 atom stereocenters. The van der Waals surface area contributed by atoms with E-state index in [4.69, 9.17) is 0 Å². The molecular weight excluding hydrogens is 70.5 g/mol. The molecule has 0 unspecified atom stereocenters. The Morgan fingerprint density at radius 2 is 1.83 bits per heavy atom. The van der Waals surface area contributed by atoms with E-state index in [-0.39, 0.29) is 0 Å². The Morgan fingerprint density at radius 3 is 2.00 bits per heavy atom. The summed E-state index contributed by atoms with van der Waals surface area (Å²) in [6, 6.07) is 0. The van der Waals surface area contributed by atoms with Gasteiger partial charge in [0.05, 0.1) is 0 Å². The molecule has 0 aliphatic rings. The Morgan fingerprint density at radius 1 is 1.17 bits per heavy atom. The van der Waals surface area contributed by atoms with Crippen LogP contribution in [0.1, 0.15) is 0 Å². The second kappa shape index (κ2) is 2.01. The van der Waals surface area contributed by atoms with E-state index >= 15 is 0 Å². The molecule has 0 saturated carbocycles. The monoisotopic (exact) mass is 73.0 g/mol. The first kappa shape index (κ1) is 3.91. The molecule has 0 spiro atoms. The van der Waals surface area contributed by atoms with Crippen molar-refractivity contribution in [2.75, 3.05) is 0 Å². The van der Waals surface area contributed by atoms with E-state index < -0.39 is 0 Å². The van der Waals surface area contributed by atoms with Crippen LogP contribution in [0.2, 0.25) is 0 Å². The van der Waals surface area contributed by atoms with Crippen LogP contribution in [0, 0.1) is 0 Å². The number of hydrogen-bond donors (Lipinski definition) is 0. The maximum atomic E-state index is 3.78. The van der Waals surface area contributed by atoms with Gasteiger partial charge in [-0.1, -0.05) is 0 Å². The van der Waals surface area contributed by atoms with Gasteiger partial charge in [-0.05, 0) is 0 Å². The molecule has 4 heteroatoms. The Labute approximate surface area is 38.5 Å². The first-order chi connectivity index (χ1) is 3.00. The molecule has 1 aromatic heterocycles. The number of aromatic nitrogens is 1. The SMILES string of the molecule is b1cbnbc1. The standard InChI is InChI=1S/C2H2B3N/c1-3-2-5-6-4-1/h1-2H. The molecular formula is C2H2B3N. The molecule has 0 radical (unpaired) electrons. The third-order valence-electron chi connectivity index (χ3n) is 0.566. The van der Waals surface area contributed by atoms with Gasteiger partial charge in [-0.15, -0.1) is 0 Å². The van der Waals surface area contributed by atoms with Crippen LogP contribution in [0.5, 0.6) is 0 Å². The predicted octanol–water partition coefficient (Wildman–Crippen LogP) is -0.904. The van der Waals surface area contributed by atoms with Gasteiger partial charge < -0.3 is 0 Å². The molecule has 0 bridgehead atoms. The molecule has 0 amide bonds. The van der Waals surface area contributed by atoms with Gasteiger partial charge in [-0.2, -0.15) is 0 Å². The van der Waals surface area contributed by atoms with E-state index in [9.17, 15) is 0 Å². The second-order valence-corrected chi connectivity index (χ2v) is 1.02. The molecule has 1 aromatic rings. The Hall–Kier alpha value is -0.265. The van der Waals surface area contributed by atoms with Crippen molar-refractivity contribution in [1.29, 1.82) is 0 Å².